The van der Waals surface area contributed by atoms with E-state index in [9.17, 15) is 18.0 Å². The summed E-state index contributed by atoms with van der Waals surface area (Å²) in [4.78, 5) is 29.8. The molecular weight excluding hydrogens is 629 g/mol. The van der Waals surface area contributed by atoms with Gasteiger partial charge in [-0.15, -0.1) is 0 Å². The van der Waals surface area contributed by atoms with Crippen molar-refractivity contribution in [3.63, 3.8) is 0 Å². The van der Waals surface area contributed by atoms with Crippen LogP contribution < -0.4 is 9.62 Å². The predicted molar refractivity (Wildman–Crippen MR) is 181 cm³/mol. The lowest BCUT2D eigenvalue weighted by atomic mass is 10.0. The molecule has 0 aliphatic rings. The molecule has 236 valence electrons. The highest BCUT2D eigenvalue weighted by molar-refractivity contribution is 7.92. The van der Waals surface area contributed by atoms with E-state index in [2.05, 4.69) is 5.32 Å². The summed E-state index contributed by atoms with van der Waals surface area (Å²) in [5, 5.41) is 3.12. The molecule has 4 rings (SSSR count). The van der Waals surface area contributed by atoms with Crippen LogP contribution in [0.3, 0.4) is 0 Å². The molecule has 7 nitrogen and oxygen atoms in total. The molecule has 10 heteroatoms. The molecule has 0 aliphatic heterocycles. The third-order valence-electron chi connectivity index (χ3n) is 7.20. The summed E-state index contributed by atoms with van der Waals surface area (Å²) in [7, 11) is -4.29. The van der Waals surface area contributed by atoms with Gasteiger partial charge in [0.05, 0.1) is 20.6 Å². The normalized spacial score (nSPS) is 12.0. The van der Waals surface area contributed by atoms with Crippen molar-refractivity contribution in [3.05, 3.63) is 130 Å². The van der Waals surface area contributed by atoms with Gasteiger partial charge in [0.2, 0.25) is 11.8 Å². The number of halogens is 2. The molecule has 4 aromatic rings. The Bertz CT molecular complexity index is 1720. The van der Waals surface area contributed by atoms with Gasteiger partial charge >= 0.3 is 0 Å². The van der Waals surface area contributed by atoms with Crippen LogP contribution in [0.15, 0.2) is 108 Å². The number of hydrogen-bond acceptors (Lipinski definition) is 4. The van der Waals surface area contributed by atoms with Crippen molar-refractivity contribution in [1.82, 2.24) is 10.2 Å². The Morgan fingerprint density at radius 2 is 1.44 bits per heavy atom. The van der Waals surface area contributed by atoms with E-state index in [1.807, 2.05) is 75.4 Å². The molecule has 0 radical (unpaired) electrons. The lowest BCUT2D eigenvalue weighted by Crippen LogP contribution is -2.53. The van der Waals surface area contributed by atoms with E-state index in [1.54, 1.807) is 30.3 Å². The standard InChI is InChI=1S/C35H37Cl2N3O4S/c1-25(2)22-38-35(42)32(21-27-13-6-4-7-14-27)39(23-28-15-10-12-26(3)20-28)33(41)24-40(31-19-11-18-30(36)34(31)37)45(43,44)29-16-8-5-9-17-29/h4-20,25,32H,21-24H2,1-3H3,(H,38,42)/t32-/m0/s1. The molecule has 0 unspecified atom stereocenters. The second kappa shape index (κ2) is 15.4. The summed E-state index contributed by atoms with van der Waals surface area (Å²) in [5.74, 6) is -0.719. The zero-order valence-corrected chi connectivity index (χ0v) is 27.8. The molecule has 1 atom stereocenters. The van der Waals surface area contributed by atoms with Gasteiger partial charge in [0.1, 0.15) is 12.6 Å². The molecule has 0 aliphatic carbocycles. The van der Waals surface area contributed by atoms with Crippen LogP contribution in [0.5, 0.6) is 0 Å². The third-order valence-corrected chi connectivity index (χ3v) is 9.78. The van der Waals surface area contributed by atoms with Crippen molar-refractivity contribution in [2.24, 2.45) is 5.92 Å². The number of aryl methyl sites for hydroxylation is 1. The van der Waals surface area contributed by atoms with Gasteiger partial charge in [0.25, 0.3) is 10.0 Å². The quantitative estimate of drug-likeness (QED) is 0.168. The van der Waals surface area contributed by atoms with Crippen molar-refractivity contribution in [3.8, 4) is 0 Å². The summed E-state index contributed by atoms with van der Waals surface area (Å²) in [6.45, 7) is 5.80. The fourth-order valence-corrected chi connectivity index (χ4v) is 6.80. The van der Waals surface area contributed by atoms with E-state index in [0.29, 0.717) is 6.54 Å². The molecule has 0 saturated carbocycles. The summed E-state index contributed by atoms with van der Waals surface area (Å²) >= 11 is 12.9. The smallest absolute Gasteiger partial charge is 0.264 e. The average molecular weight is 667 g/mol. The number of anilines is 1. The van der Waals surface area contributed by atoms with Crippen molar-refractivity contribution < 1.29 is 18.0 Å². The first kappa shape index (κ1) is 34.0. The molecule has 0 aromatic heterocycles. The largest absolute Gasteiger partial charge is 0.354 e. The first-order chi connectivity index (χ1) is 21.5. The van der Waals surface area contributed by atoms with E-state index < -0.39 is 28.5 Å². The van der Waals surface area contributed by atoms with Gasteiger partial charge in [-0.05, 0) is 48.2 Å². The first-order valence-corrected chi connectivity index (χ1v) is 16.9. The number of rotatable bonds is 13. The number of nitrogens with zero attached hydrogens (tertiary/aromatic N) is 2. The van der Waals surface area contributed by atoms with Crippen LogP contribution >= 0.6 is 23.2 Å². The molecule has 45 heavy (non-hydrogen) atoms. The Hall–Kier alpha value is -3.85. The number of carbonyl (C=O) groups excluding carboxylic acids is 2. The molecule has 0 heterocycles. The highest BCUT2D eigenvalue weighted by Crippen LogP contribution is 2.35. The van der Waals surface area contributed by atoms with Crippen molar-refractivity contribution in [2.75, 3.05) is 17.4 Å². The fraction of sp³-hybridized carbons (Fsp3) is 0.257. The van der Waals surface area contributed by atoms with Crippen LogP contribution in [0.1, 0.15) is 30.5 Å². The Morgan fingerprint density at radius 3 is 2.09 bits per heavy atom. The molecule has 4 aromatic carbocycles. The molecule has 0 fully saturated rings. The summed E-state index contributed by atoms with van der Waals surface area (Å²) in [6.07, 6.45) is 0.228. The van der Waals surface area contributed by atoms with Gasteiger partial charge in [-0.2, -0.15) is 0 Å². The maximum atomic E-state index is 14.5. The average Bonchev–Trinajstić information content (AvgIpc) is 3.02. The highest BCUT2D eigenvalue weighted by Gasteiger charge is 2.35. The molecular formula is C35H37Cl2N3O4S. The fourth-order valence-electron chi connectivity index (χ4n) is 4.90. The molecule has 1 N–H and O–H groups in total. The van der Waals surface area contributed by atoms with Crippen LogP contribution in [-0.4, -0.2) is 44.3 Å². The summed E-state index contributed by atoms with van der Waals surface area (Å²) in [5.41, 5.74) is 2.70. The highest BCUT2D eigenvalue weighted by atomic mass is 35.5. The Balaban J connectivity index is 1.82. The molecule has 0 spiro atoms. The van der Waals surface area contributed by atoms with Gasteiger partial charge in [0.15, 0.2) is 0 Å². The van der Waals surface area contributed by atoms with Crippen LogP contribution in [-0.2, 0) is 32.6 Å². The van der Waals surface area contributed by atoms with E-state index in [0.717, 1.165) is 21.0 Å². The van der Waals surface area contributed by atoms with E-state index in [4.69, 9.17) is 23.2 Å². The Kier molecular flexibility index (Phi) is 11.7. The molecule has 0 bridgehead atoms. The van der Waals surface area contributed by atoms with E-state index >= 15 is 0 Å². The van der Waals surface area contributed by atoms with Crippen molar-refractivity contribution >= 4 is 50.7 Å². The van der Waals surface area contributed by atoms with Crippen molar-refractivity contribution in [2.45, 2.75) is 44.7 Å². The van der Waals surface area contributed by atoms with Gasteiger partial charge in [-0.25, -0.2) is 8.42 Å². The minimum Gasteiger partial charge on any atom is -0.354 e. The second-order valence-corrected chi connectivity index (χ2v) is 13.9. The second-order valence-electron chi connectivity index (χ2n) is 11.3. The number of nitrogens with one attached hydrogen (secondary N) is 1. The van der Waals surface area contributed by atoms with Crippen LogP contribution in [0.2, 0.25) is 10.0 Å². The number of carbonyl (C=O) groups is 2. The van der Waals surface area contributed by atoms with Gasteiger partial charge in [-0.3, -0.25) is 13.9 Å². The monoisotopic (exact) mass is 665 g/mol. The van der Waals surface area contributed by atoms with Gasteiger partial charge in [-0.1, -0.05) is 121 Å². The van der Waals surface area contributed by atoms with Gasteiger partial charge in [0, 0.05) is 19.5 Å². The molecule has 0 saturated heterocycles. The maximum Gasteiger partial charge on any atom is 0.264 e. The minimum atomic E-state index is -4.29. The van der Waals surface area contributed by atoms with Crippen LogP contribution in [0, 0.1) is 12.8 Å². The van der Waals surface area contributed by atoms with Crippen LogP contribution in [0.4, 0.5) is 5.69 Å². The SMILES string of the molecule is Cc1cccc(CN(C(=O)CN(c2cccc(Cl)c2Cl)S(=O)(=O)c2ccccc2)[C@@H](Cc2ccccc2)C(=O)NCC(C)C)c1. The summed E-state index contributed by atoms with van der Waals surface area (Å²) < 4.78 is 29.2. The number of hydrogen-bond donors (Lipinski definition) is 1. The predicted octanol–water partition coefficient (Wildman–Crippen LogP) is 6.91. The van der Waals surface area contributed by atoms with Gasteiger partial charge < -0.3 is 10.2 Å². The topological polar surface area (TPSA) is 86.8 Å². The lowest BCUT2D eigenvalue weighted by molar-refractivity contribution is -0.140. The molecule has 2 amide bonds. The lowest BCUT2D eigenvalue weighted by Gasteiger charge is -2.34. The summed E-state index contributed by atoms with van der Waals surface area (Å²) in [6, 6.07) is 28.6. The number of amides is 2. The van der Waals surface area contributed by atoms with Crippen molar-refractivity contribution in [1.29, 1.82) is 0 Å². The zero-order valence-electron chi connectivity index (χ0n) is 25.5. The first-order valence-electron chi connectivity index (χ1n) is 14.7. The third kappa shape index (κ3) is 8.87. The van der Waals surface area contributed by atoms with E-state index in [-0.39, 0.29) is 45.4 Å². The zero-order chi connectivity index (χ0) is 32.6. The number of benzene rings is 4. The number of sulfonamides is 1. The van der Waals surface area contributed by atoms with Crippen LogP contribution in [0.25, 0.3) is 0 Å². The van der Waals surface area contributed by atoms with E-state index in [1.165, 1.54) is 23.1 Å². The Labute approximate surface area is 275 Å². The maximum absolute atomic E-state index is 14.5. The minimum absolute atomic E-state index is 0.00720. The Morgan fingerprint density at radius 1 is 0.822 bits per heavy atom.